The van der Waals surface area contributed by atoms with Crippen molar-refractivity contribution in [3.63, 3.8) is 0 Å². The summed E-state index contributed by atoms with van der Waals surface area (Å²) in [6, 6.07) is 7.83. The summed E-state index contributed by atoms with van der Waals surface area (Å²) in [4.78, 5) is 0. The van der Waals surface area contributed by atoms with Crippen molar-refractivity contribution in [3.8, 4) is 0 Å². The van der Waals surface area contributed by atoms with Crippen molar-refractivity contribution in [1.29, 1.82) is 0 Å². The van der Waals surface area contributed by atoms with Crippen LogP contribution in [0, 0.1) is 0 Å². The first-order valence-corrected chi connectivity index (χ1v) is 6.67. The normalized spacial score (nSPS) is 10.7. The summed E-state index contributed by atoms with van der Waals surface area (Å²) < 4.78 is 5.61. The Kier molecular flexibility index (Phi) is 8.06. The van der Waals surface area contributed by atoms with E-state index in [1.165, 1.54) is 19.3 Å². The summed E-state index contributed by atoms with van der Waals surface area (Å²) in [7, 11) is 1.99. The highest BCUT2D eigenvalue weighted by molar-refractivity contribution is 6.30. The lowest BCUT2D eigenvalue weighted by Gasteiger charge is -2.05. The molecule has 1 aromatic carbocycles. The van der Waals surface area contributed by atoms with E-state index in [1.54, 1.807) is 0 Å². The molecule has 0 heterocycles. The third-order valence-corrected chi connectivity index (χ3v) is 2.86. The molecule has 0 fully saturated rings. The SMILES string of the molecule is CNCCCCCCOCc1cccc(Cl)c1. The Morgan fingerprint density at radius 1 is 1.18 bits per heavy atom. The second kappa shape index (κ2) is 9.46. The van der Waals surface area contributed by atoms with Gasteiger partial charge in [-0.2, -0.15) is 0 Å². The van der Waals surface area contributed by atoms with E-state index in [1.807, 2.05) is 31.3 Å². The smallest absolute Gasteiger partial charge is 0.0717 e. The molecule has 1 rings (SSSR count). The first-order chi connectivity index (χ1) is 8.33. The van der Waals surface area contributed by atoms with Crippen molar-refractivity contribution >= 4 is 11.6 Å². The summed E-state index contributed by atoms with van der Waals surface area (Å²) in [5, 5.41) is 3.93. The minimum atomic E-state index is 0.664. The molecule has 3 heteroatoms. The maximum Gasteiger partial charge on any atom is 0.0717 e. The number of benzene rings is 1. The van der Waals surface area contributed by atoms with Gasteiger partial charge < -0.3 is 10.1 Å². The van der Waals surface area contributed by atoms with Crippen molar-refractivity contribution in [3.05, 3.63) is 34.9 Å². The lowest BCUT2D eigenvalue weighted by molar-refractivity contribution is 0.117. The Balaban J connectivity index is 1.97. The number of nitrogens with one attached hydrogen (secondary N) is 1. The maximum absolute atomic E-state index is 5.89. The molecule has 0 atom stereocenters. The van der Waals surface area contributed by atoms with Gasteiger partial charge in [0.15, 0.2) is 0 Å². The molecule has 1 aromatic rings. The molecule has 1 N–H and O–H groups in total. The van der Waals surface area contributed by atoms with Crippen LogP contribution in [0.2, 0.25) is 5.02 Å². The maximum atomic E-state index is 5.89. The van der Waals surface area contributed by atoms with Crippen LogP contribution < -0.4 is 5.32 Å². The molecule has 0 aliphatic heterocycles. The summed E-state index contributed by atoms with van der Waals surface area (Å²) >= 11 is 5.89. The minimum absolute atomic E-state index is 0.664. The summed E-state index contributed by atoms with van der Waals surface area (Å²) in [6.45, 7) is 2.62. The fraction of sp³-hybridized carbons (Fsp3) is 0.571. The predicted molar refractivity (Wildman–Crippen MR) is 73.5 cm³/mol. The Hall–Kier alpha value is -0.570. The van der Waals surface area contributed by atoms with Crippen LogP contribution in [-0.4, -0.2) is 20.2 Å². The van der Waals surface area contributed by atoms with E-state index in [4.69, 9.17) is 16.3 Å². The lowest BCUT2D eigenvalue weighted by Crippen LogP contribution is -2.07. The van der Waals surface area contributed by atoms with Gasteiger partial charge in [0, 0.05) is 11.6 Å². The van der Waals surface area contributed by atoms with E-state index in [0.29, 0.717) is 6.61 Å². The third kappa shape index (κ3) is 7.37. The largest absolute Gasteiger partial charge is 0.377 e. The second-order valence-electron chi connectivity index (χ2n) is 4.20. The van der Waals surface area contributed by atoms with E-state index < -0.39 is 0 Å². The van der Waals surface area contributed by atoms with Crippen molar-refractivity contribution in [2.45, 2.75) is 32.3 Å². The Labute approximate surface area is 109 Å². The van der Waals surface area contributed by atoms with Crippen molar-refractivity contribution < 1.29 is 4.74 Å². The standard InChI is InChI=1S/C14H22ClNO/c1-16-9-4-2-3-5-10-17-12-13-7-6-8-14(15)11-13/h6-8,11,16H,2-5,9-10,12H2,1H3. The Morgan fingerprint density at radius 3 is 2.76 bits per heavy atom. The molecule has 0 aliphatic carbocycles. The highest BCUT2D eigenvalue weighted by Crippen LogP contribution is 2.11. The average Bonchev–Trinajstić information content (AvgIpc) is 2.33. The number of hydrogen-bond acceptors (Lipinski definition) is 2. The number of hydrogen-bond donors (Lipinski definition) is 1. The van der Waals surface area contributed by atoms with Crippen molar-refractivity contribution in [2.75, 3.05) is 20.2 Å². The molecule has 0 unspecified atom stereocenters. The highest BCUT2D eigenvalue weighted by Gasteiger charge is 1.95. The minimum Gasteiger partial charge on any atom is -0.377 e. The van der Waals surface area contributed by atoms with E-state index in [9.17, 15) is 0 Å². The molecule has 96 valence electrons. The molecule has 0 aromatic heterocycles. The summed E-state index contributed by atoms with van der Waals surface area (Å²) in [5.74, 6) is 0. The molecule has 0 saturated carbocycles. The summed E-state index contributed by atoms with van der Waals surface area (Å²) in [5.41, 5.74) is 1.15. The van der Waals surface area contributed by atoms with Gasteiger partial charge in [0.1, 0.15) is 0 Å². The molecular formula is C14H22ClNO. The fourth-order valence-electron chi connectivity index (χ4n) is 1.68. The first kappa shape index (κ1) is 14.5. The Morgan fingerprint density at radius 2 is 2.00 bits per heavy atom. The summed E-state index contributed by atoms with van der Waals surface area (Å²) in [6.07, 6.45) is 4.92. The molecule has 2 nitrogen and oxygen atoms in total. The average molecular weight is 256 g/mol. The number of unbranched alkanes of at least 4 members (excludes halogenated alkanes) is 3. The fourth-order valence-corrected chi connectivity index (χ4v) is 1.89. The van der Waals surface area contributed by atoms with Crippen molar-refractivity contribution in [1.82, 2.24) is 5.32 Å². The first-order valence-electron chi connectivity index (χ1n) is 6.29. The van der Waals surface area contributed by atoms with Crippen LogP contribution in [0.3, 0.4) is 0 Å². The third-order valence-electron chi connectivity index (χ3n) is 2.62. The van der Waals surface area contributed by atoms with Gasteiger partial charge in [-0.25, -0.2) is 0 Å². The van der Waals surface area contributed by atoms with E-state index in [-0.39, 0.29) is 0 Å². The quantitative estimate of drug-likeness (QED) is 0.681. The van der Waals surface area contributed by atoms with Crippen LogP contribution >= 0.6 is 11.6 Å². The van der Waals surface area contributed by atoms with Crippen LogP contribution in [0.4, 0.5) is 0 Å². The van der Waals surface area contributed by atoms with Crippen LogP contribution in [0.25, 0.3) is 0 Å². The number of rotatable bonds is 9. The molecule has 0 radical (unpaired) electrons. The van der Waals surface area contributed by atoms with Gasteiger partial charge in [-0.05, 0) is 44.1 Å². The molecule has 0 spiro atoms. The van der Waals surface area contributed by atoms with E-state index in [2.05, 4.69) is 5.32 Å². The predicted octanol–water partition coefficient (Wildman–Crippen LogP) is 3.64. The van der Waals surface area contributed by atoms with Crippen LogP contribution in [0.15, 0.2) is 24.3 Å². The Bertz CT molecular complexity index is 304. The molecule has 17 heavy (non-hydrogen) atoms. The van der Waals surface area contributed by atoms with Crippen LogP contribution in [0.1, 0.15) is 31.2 Å². The van der Waals surface area contributed by atoms with Gasteiger partial charge in [-0.15, -0.1) is 0 Å². The zero-order chi connectivity index (χ0) is 12.3. The second-order valence-corrected chi connectivity index (χ2v) is 4.64. The van der Waals surface area contributed by atoms with Gasteiger partial charge >= 0.3 is 0 Å². The molecule has 0 amide bonds. The molecular weight excluding hydrogens is 234 g/mol. The molecule has 0 aliphatic rings. The molecule has 0 bridgehead atoms. The van der Waals surface area contributed by atoms with Gasteiger partial charge in [0.05, 0.1) is 6.61 Å². The molecule has 0 saturated heterocycles. The van der Waals surface area contributed by atoms with Gasteiger partial charge in [-0.1, -0.05) is 36.6 Å². The topological polar surface area (TPSA) is 21.3 Å². The van der Waals surface area contributed by atoms with Crippen LogP contribution in [0.5, 0.6) is 0 Å². The lowest BCUT2D eigenvalue weighted by atomic mass is 10.2. The number of halogens is 1. The zero-order valence-corrected chi connectivity index (χ0v) is 11.3. The van der Waals surface area contributed by atoms with E-state index >= 15 is 0 Å². The van der Waals surface area contributed by atoms with Crippen LogP contribution in [-0.2, 0) is 11.3 Å². The zero-order valence-electron chi connectivity index (χ0n) is 10.5. The van der Waals surface area contributed by atoms with Crippen molar-refractivity contribution in [2.24, 2.45) is 0 Å². The highest BCUT2D eigenvalue weighted by atomic mass is 35.5. The van der Waals surface area contributed by atoms with Gasteiger partial charge in [0.25, 0.3) is 0 Å². The van der Waals surface area contributed by atoms with Gasteiger partial charge in [-0.3, -0.25) is 0 Å². The van der Waals surface area contributed by atoms with E-state index in [0.717, 1.165) is 30.2 Å². The number of ether oxygens (including phenoxy) is 1. The monoisotopic (exact) mass is 255 g/mol. The van der Waals surface area contributed by atoms with Gasteiger partial charge in [0.2, 0.25) is 0 Å².